The lowest BCUT2D eigenvalue weighted by molar-refractivity contribution is 0.669. The molecule has 0 spiro atoms. The van der Waals surface area contributed by atoms with Gasteiger partial charge in [0.1, 0.15) is 11.2 Å². The first-order chi connectivity index (χ1) is 26.7. The number of nitrogens with zero attached hydrogens (tertiary/aromatic N) is 1. The Morgan fingerprint density at radius 2 is 1.04 bits per heavy atom. The molecule has 0 aliphatic heterocycles. The molecule has 1 aliphatic rings. The average molecular weight is 692 g/mol. The Kier molecular flexibility index (Phi) is 8.00. The minimum atomic E-state index is 0.448. The second-order valence-electron chi connectivity index (χ2n) is 14.1. The fraction of sp³-hybridized carbons (Fsp3) is 0.0385. The predicted octanol–water partition coefficient (Wildman–Crippen LogP) is 14.8. The maximum atomic E-state index is 6.36. The lowest BCUT2D eigenvalue weighted by atomic mass is 9.91. The van der Waals surface area contributed by atoms with Crippen LogP contribution in [0.2, 0.25) is 0 Å². The predicted molar refractivity (Wildman–Crippen MR) is 228 cm³/mol. The van der Waals surface area contributed by atoms with E-state index in [0.29, 0.717) is 5.92 Å². The van der Waals surface area contributed by atoms with Gasteiger partial charge < -0.3 is 9.32 Å². The van der Waals surface area contributed by atoms with E-state index in [1.54, 1.807) is 0 Å². The van der Waals surface area contributed by atoms with Crippen LogP contribution in [-0.2, 0) is 0 Å². The summed E-state index contributed by atoms with van der Waals surface area (Å²) >= 11 is 0. The van der Waals surface area contributed by atoms with E-state index in [1.165, 1.54) is 49.7 Å². The average Bonchev–Trinajstić information content (AvgIpc) is 3.62. The Balaban J connectivity index is 1.01. The fourth-order valence-electron chi connectivity index (χ4n) is 8.00. The van der Waals surface area contributed by atoms with Crippen LogP contribution in [0.15, 0.2) is 211 Å². The van der Waals surface area contributed by atoms with Gasteiger partial charge in [-0.25, -0.2) is 0 Å². The van der Waals surface area contributed by atoms with Crippen molar-refractivity contribution in [2.24, 2.45) is 0 Å². The standard InChI is InChI=1S/C52H37NO/c1-2-10-36(11-3-1)37-20-22-38(23-21-37)39-24-28-44(29-25-39)53(46-32-33-50-49-17-6-7-19-51(49)54-52(50)35-46)45-30-26-40(27-31-45)42-14-8-15-43(34-42)48-18-9-13-41-12-4-5-16-47(41)48/h1-10,12-36H,11H2. The number of hydrogen-bond donors (Lipinski definition) is 0. The first kappa shape index (κ1) is 31.8. The van der Waals surface area contributed by atoms with Gasteiger partial charge in [0, 0.05) is 39.8 Å². The van der Waals surface area contributed by atoms with Gasteiger partial charge in [-0.15, -0.1) is 0 Å². The lowest BCUT2D eigenvalue weighted by Crippen LogP contribution is -2.09. The van der Waals surface area contributed by atoms with Crippen LogP contribution in [0.1, 0.15) is 17.9 Å². The zero-order chi connectivity index (χ0) is 35.8. The monoisotopic (exact) mass is 691 g/mol. The third kappa shape index (κ3) is 5.88. The van der Waals surface area contributed by atoms with Gasteiger partial charge in [0.15, 0.2) is 0 Å². The third-order valence-corrected chi connectivity index (χ3v) is 10.8. The number of anilines is 3. The van der Waals surface area contributed by atoms with E-state index in [-0.39, 0.29) is 0 Å². The van der Waals surface area contributed by atoms with Crippen molar-refractivity contribution in [2.45, 2.75) is 12.3 Å². The van der Waals surface area contributed by atoms with Crippen molar-refractivity contribution in [3.63, 3.8) is 0 Å². The van der Waals surface area contributed by atoms with Crippen LogP contribution in [0, 0.1) is 0 Å². The molecule has 0 amide bonds. The molecule has 1 aliphatic carbocycles. The zero-order valence-corrected chi connectivity index (χ0v) is 29.8. The summed E-state index contributed by atoms with van der Waals surface area (Å²) in [7, 11) is 0. The Bertz CT molecular complexity index is 2830. The molecule has 54 heavy (non-hydrogen) atoms. The third-order valence-electron chi connectivity index (χ3n) is 10.8. The van der Waals surface area contributed by atoms with Crippen LogP contribution in [0.4, 0.5) is 17.1 Å². The van der Waals surface area contributed by atoms with Gasteiger partial charge in [-0.2, -0.15) is 0 Å². The Morgan fingerprint density at radius 1 is 0.426 bits per heavy atom. The van der Waals surface area contributed by atoms with E-state index < -0.39 is 0 Å². The highest BCUT2D eigenvalue weighted by Crippen LogP contribution is 2.40. The maximum absolute atomic E-state index is 6.36. The minimum absolute atomic E-state index is 0.448. The summed E-state index contributed by atoms with van der Waals surface area (Å²) in [6.07, 6.45) is 9.87. The van der Waals surface area contributed by atoms with Gasteiger partial charge in [0.25, 0.3) is 0 Å². The van der Waals surface area contributed by atoms with Gasteiger partial charge in [-0.05, 0) is 105 Å². The number of hydrogen-bond acceptors (Lipinski definition) is 2. The molecule has 9 aromatic rings. The smallest absolute Gasteiger partial charge is 0.137 e. The summed E-state index contributed by atoms with van der Waals surface area (Å²) in [5, 5.41) is 4.77. The molecule has 0 N–H and O–H groups in total. The molecule has 2 heteroatoms. The van der Waals surface area contributed by atoms with Crippen molar-refractivity contribution >= 4 is 49.8 Å². The van der Waals surface area contributed by atoms with Crippen molar-refractivity contribution in [1.82, 2.24) is 0 Å². The Hall–Kier alpha value is -6.90. The molecule has 0 saturated heterocycles. The molecule has 1 unspecified atom stereocenters. The normalized spacial score (nSPS) is 13.9. The van der Waals surface area contributed by atoms with Gasteiger partial charge in [0.05, 0.1) is 0 Å². The highest BCUT2D eigenvalue weighted by molar-refractivity contribution is 6.06. The topological polar surface area (TPSA) is 16.4 Å². The maximum Gasteiger partial charge on any atom is 0.137 e. The second-order valence-corrected chi connectivity index (χ2v) is 14.1. The van der Waals surface area contributed by atoms with Crippen molar-refractivity contribution in [2.75, 3.05) is 4.90 Å². The molecular formula is C52H37NO. The van der Waals surface area contributed by atoms with Crippen LogP contribution in [0.3, 0.4) is 0 Å². The quantitative estimate of drug-likeness (QED) is 0.165. The van der Waals surface area contributed by atoms with E-state index in [9.17, 15) is 0 Å². The number of furan rings is 1. The second kappa shape index (κ2) is 13.6. The Morgan fingerprint density at radius 3 is 1.80 bits per heavy atom. The van der Waals surface area contributed by atoms with Crippen molar-refractivity contribution < 1.29 is 4.42 Å². The summed E-state index contributed by atoms with van der Waals surface area (Å²) in [6, 6.07) is 65.7. The molecule has 10 rings (SSSR count). The van der Waals surface area contributed by atoms with E-state index in [4.69, 9.17) is 4.42 Å². The lowest BCUT2D eigenvalue weighted by Gasteiger charge is -2.26. The molecule has 1 heterocycles. The number of rotatable bonds is 7. The molecule has 0 saturated carbocycles. The molecule has 0 radical (unpaired) electrons. The van der Waals surface area contributed by atoms with Crippen molar-refractivity contribution in [3.05, 3.63) is 212 Å². The summed E-state index contributed by atoms with van der Waals surface area (Å²) < 4.78 is 6.36. The summed E-state index contributed by atoms with van der Waals surface area (Å²) in [6.45, 7) is 0. The zero-order valence-electron chi connectivity index (χ0n) is 29.8. The van der Waals surface area contributed by atoms with Crippen LogP contribution in [0.5, 0.6) is 0 Å². The van der Waals surface area contributed by atoms with Crippen LogP contribution >= 0.6 is 0 Å². The fourth-order valence-corrected chi connectivity index (χ4v) is 8.00. The van der Waals surface area contributed by atoms with E-state index in [0.717, 1.165) is 45.4 Å². The van der Waals surface area contributed by atoms with Crippen molar-refractivity contribution in [1.29, 1.82) is 0 Å². The molecule has 1 aromatic heterocycles. The van der Waals surface area contributed by atoms with E-state index in [1.807, 2.05) is 12.1 Å². The first-order valence-electron chi connectivity index (χ1n) is 18.7. The molecule has 256 valence electrons. The molecule has 8 aromatic carbocycles. The summed E-state index contributed by atoms with van der Waals surface area (Å²) in [5.41, 5.74) is 13.6. The molecular weight excluding hydrogens is 655 g/mol. The molecule has 1 atom stereocenters. The van der Waals surface area contributed by atoms with Crippen LogP contribution in [0.25, 0.3) is 66.1 Å². The highest BCUT2D eigenvalue weighted by Gasteiger charge is 2.17. The number of para-hydroxylation sites is 1. The number of allylic oxidation sites excluding steroid dienone is 4. The van der Waals surface area contributed by atoms with Crippen molar-refractivity contribution in [3.8, 4) is 33.4 Å². The molecule has 0 fully saturated rings. The van der Waals surface area contributed by atoms with E-state index in [2.05, 4.69) is 199 Å². The largest absolute Gasteiger partial charge is 0.456 e. The van der Waals surface area contributed by atoms with Gasteiger partial charge in [-0.1, -0.05) is 152 Å². The summed E-state index contributed by atoms with van der Waals surface area (Å²) in [4.78, 5) is 2.32. The molecule has 2 nitrogen and oxygen atoms in total. The van der Waals surface area contributed by atoms with Gasteiger partial charge >= 0.3 is 0 Å². The number of benzene rings is 8. The van der Waals surface area contributed by atoms with Gasteiger partial charge in [0.2, 0.25) is 0 Å². The van der Waals surface area contributed by atoms with Crippen LogP contribution < -0.4 is 4.90 Å². The van der Waals surface area contributed by atoms with Gasteiger partial charge in [-0.3, -0.25) is 0 Å². The minimum Gasteiger partial charge on any atom is -0.456 e. The highest BCUT2D eigenvalue weighted by atomic mass is 16.3. The van der Waals surface area contributed by atoms with Crippen LogP contribution in [-0.4, -0.2) is 0 Å². The first-order valence-corrected chi connectivity index (χ1v) is 18.7. The SMILES string of the molecule is C1=CCC(c2ccc(-c3ccc(N(c4ccc(-c5cccc(-c6cccc7ccccc67)c5)cc4)c4ccc5c(c4)oc4ccccc45)cc3)cc2)C=C1. The molecule has 0 bridgehead atoms. The van der Waals surface area contributed by atoms with E-state index >= 15 is 0 Å². The Labute approximate surface area is 315 Å². The summed E-state index contributed by atoms with van der Waals surface area (Å²) in [5.74, 6) is 0.448. The number of fused-ring (bicyclic) bond motifs is 4.